The van der Waals surface area contributed by atoms with E-state index in [2.05, 4.69) is 30.0 Å². The Labute approximate surface area is 104 Å². The van der Waals surface area contributed by atoms with Gasteiger partial charge in [-0.1, -0.05) is 25.0 Å². The van der Waals surface area contributed by atoms with Gasteiger partial charge in [0.1, 0.15) is 0 Å². The maximum Gasteiger partial charge on any atom is 0.0634 e. The molecule has 0 radical (unpaired) electrons. The zero-order valence-corrected chi connectivity index (χ0v) is 10.7. The second-order valence-corrected chi connectivity index (χ2v) is 4.35. The van der Waals surface area contributed by atoms with E-state index in [4.69, 9.17) is 5.84 Å². The fourth-order valence-electron chi connectivity index (χ4n) is 1.98. The van der Waals surface area contributed by atoms with Gasteiger partial charge in [0.25, 0.3) is 0 Å². The SMILES string of the molecule is C=CCCCCCC(NN)c1ncccc1C. The number of hydrogen-bond donors (Lipinski definition) is 2. The molecule has 1 heterocycles. The van der Waals surface area contributed by atoms with Crippen LogP contribution in [-0.4, -0.2) is 4.98 Å². The predicted molar refractivity (Wildman–Crippen MR) is 72.3 cm³/mol. The van der Waals surface area contributed by atoms with Gasteiger partial charge in [0, 0.05) is 6.20 Å². The zero-order chi connectivity index (χ0) is 12.5. The maximum atomic E-state index is 5.61. The minimum absolute atomic E-state index is 0.167. The highest BCUT2D eigenvalue weighted by molar-refractivity contribution is 5.20. The molecule has 1 atom stereocenters. The molecule has 3 heteroatoms. The van der Waals surface area contributed by atoms with Crippen molar-refractivity contribution in [2.45, 2.75) is 45.1 Å². The quantitative estimate of drug-likeness (QED) is 0.314. The minimum atomic E-state index is 0.167. The first kappa shape index (κ1) is 13.9. The Hall–Kier alpha value is -1.19. The van der Waals surface area contributed by atoms with Crippen molar-refractivity contribution >= 4 is 0 Å². The number of pyridine rings is 1. The van der Waals surface area contributed by atoms with Crippen molar-refractivity contribution in [3.63, 3.8) is 0 Å². The van der Waals surface area contributed by atoms with Crippen LogP contribution >= 0.6 is 0 Å². The Morgan fingerprint density at radius 2 is 2.29 bits per heavy atom. The van der Waals surface area contributed by atoms with Crippen molar-refractivity contribution in [3.05, 3.63) is 42.2 Å². The molecule has 94 valence electrons. The Bertz CT molecular complexity index is 336. The van der Waals surface area contributed by atoms with E-state index in [9.17, 15) is 0 Å². The first-order valence-corrected chi connectivity index (χ1v) is 6.28. The molecule has 1 unspecified atom stereocenters. The third kappa shape index (κ3) is 4.67. The molecule has 3 N–H and O–H groups in total. The highest BCUT2D eigenvalue weighted by Gasteiger charge is 2.12. The molecule has 0 aromatic carbocycles. The highest BCUT2D eigenvalue weighted by Crippen LogP contribution is 2.20. The number of nitrogens with one attached hydrogen (secondary N) is 1. The normalized spacial score (nSPS) is 12.4. The smallest absolute Gasteiger partial charge is 0.0634 e. The molecular formula is C14H23N3. The van der Waals surface area contributed by atoms with Crippen LogP contribution in [0.1, 0.15) is 49.4 Å². The van der Waals surface area contributed by atoms with Crippen LogP contribution in [0.3, 0.4) is 0 Å². The molecular weight excluding hydrogens is 210 g/mol. The van der Waals surface area contributed by atoms with Crippen molar-refractivity contribution in [2.24, 2.45) is 5.84 Å². The summed E-state index contributed by atoms with van der Waals surface area (Å²) in [7, 11) is 0. The van der Waals surface area contributed by atoms with Crippen molar-refractivity contribution < 1.29 is 0 Å². The highest BCUT2D eigenvalue weighted by atomic mass is 15.2. The lowest BCUT2D eigenvalue weighted by molar-refractivity contribution is 0.472. The Morgan fingerprint density at radius 1 is 1.47 bits per heavy atom. The molecule has 0 saturated carbocycles. The first-order valence-electron chi connectivity index (χ1n) is 6.28. The molecule has 0 bridgehead atoms. The Balaban J connectivity index is 2.43. The summed E-state index contributed by atoms with van der Waals surface area (Å²) in [5.74, 6) is 5.61. The van der Waals surface area contributed by atoms with Gasteiger partial charge in [-0.25, -0.2) is 0 Å². The van der Waals surface area contributed by atoms with Crippen LogP contribution in [0, 0.1) is 6.92 Å². The molecule has 0 saturated heterocycles. The summed E-state index contributed by atoms with van der Waals surface area (Å²) in [6.45, 7) is 5.80. The average Bonchev–Trinajstić information content (AvgIpc) is 2.35. The lowest BCUT2D eigenvalue weighted by atomic mass is 10.0. The van der Waals surface area contributed by atoms with Gasteiger partial charge in [0.2, 0.25) is 0 Å². The molecule has 3 nitrogen and oxygen atoms in total. The predicted octanol–water partition coefficient (Wildman–Crippen LogP) is 3.03. The lowest BCUT2D eigenvalue weighted by Gasteiger charge is -2.17. The van der Waals surface area contributed by atoms with Crippen LogP contribution in [0.25, 0.3) is 0 Å². The van der Waals surface area contributed by atoms with E-state index < -0.39 is 0 Å². The number of aromatic nitrogens is 1. The number of unbranched alkanes of at least 4 members (excludes halogenated alkanes) is 3. The van der Waals surface area contributed by atoms with Gasteiger partial charge in [-0.05, 0) is 37.8 Å². The first-order chi connectivity index (χ1) is 8.29. The summed E-state index contributed by atoms with van der Waals surface area (Å²) in [6, 6.07) is 4.20. The molecule has 0 aliphatic carbocycles. The van der Waals surface area contributed by atoms with E-state index in [1.54, 1.807) is 0 Å². The maximum absolute atomic E-state index is 5.61. The fraction of sp³-hybridized carbons (Fsp3) is 0.500. The summed E-state index contributed by atoms with van der Waals surface area (Å²) in [6.07, 6.45) is 9.53. The largest absolute Gasteiger partial charge is 0.271 e. The van der Waals surface area contributed by atoms with Gasteiger partial charge < -0.3 is 0 Å². The van der Waals surface area contributed by atoms with Crippen LogP contribution in [0.2, 0.25) is 0 Å². The number of rotatable bonds is 8. The van der Waals surface area contributed by atoms with Crippen molar-refractivity contribution in [3.8, 4) is 0 Å². The summed E-state index contributed by atoms with van der Waals surface area (Å²) in [4.78, 5) is 4.41. The minimum Gasteiger partial charge on any atom is -0.271 e. The molecule has 17 heavy (non-hydrogen) atoms. The average molecular weight is 233 g/mol. The van der Waals surface area contributed by atoms with Gasteiger partial charge in [-0.3, -0.25) is 16.3 Å². The number of nitrogens with two attached hydrogens (primary N) is 1. The van der Waals surface area contributed by atoms with E-state index >= 15 is 0 Å². The van der Waals surface area contributed by atoms with Crippen molar-refractivity contribution in [2.75, 3.05) is 0 Å². The van der Waals surface area contributed by atoms with Crippen LogP contribution < -0.4 is 11.3 Å². The van der Waals surface area contributed by atoms with Crippen molar-refractivity contribution in [1.29, 1.82) is 0 Å². The Kier molecular flexibility index (Phi) is 6.51. The van der Waals surface area contributed by atoms with Crippen LogP contribution in [-0.2, 0) is 0 Å². The molecule has 1 aromatic rings. The molecule has 0 fully saturated rings. The Morgan fingerprint density at radius 3 is 2.94 bits per heavy atom. The monoisotopic (exact) mass is 233 g/mol. The lowest BCUT2D eigenvalue weighted by Crippen LogP contribution is -2.29. The summed E-state index contributed by atoms with van der Waals surface area (Å²) >= 11 is 0. The fourth-order valence-corrected chi connectivity index (χ4v) is 1.98. The van der Waals surface area contributed by atoms with E-state index in [0.717, 1.165) is 18.5 Å². The molecule has 1 rings (SSSR count). The van der Waals surface area contributed by atoms with E-state index in [1.165, 1.54) is 24.8 Å². The topological polar surface area (TPSA) is 50.9 Å². The number of hydrogen-bond acceptors (Lipinski definition) is 3. The molecule has 1 aromatic heterocycles. The zero-order valence-electron chi connectivity index (χ0n) is 10.7. The van der Waals surface area contributed by atoms with Gasteiger partial charge in [-0.15, -0.1) is 6.58 Å². The van der Waals surface area contributed by atoms with E-state index in [-0.39, 0.29) is 6.04 Å². The summed E-state index contributed by atoms with van der Waals surface area (Å²) in [5, 5.41) is 0. The summed E-state index contributed by atoms with van der Waals surface area (Å²) in [5.41, 5.74) is 5.13. The standard InChI is InChI=1S/C14H23N3/c1-3-4-5-6-7-10-13(17-15)14-12(2)9-8-11-16-14/h3,8-9,11,13,17H,1,4-7,10,15H2,2H3. The van der Waals surface area contributed by atoms with Crippen molar-refractivity contribution in [1.82, 2.24) is 10.4 Å². The molecule has 0 aliphatic rings. The third-order valence-electron chi connectivity index (χ3n) is 2.98. The van der Waals surface area contributed by atoms with Gasteiger partial charge in [-0.2, -0.15) is 0 Å². The number of hydrazine groups is 1. The van der Waals surface area contributed by atoms with Gasteiger partial charge in [0.05, 0.1) is 11.7 Å². The molecule has 0 aliphatic heterocycles. The van der Waals surface area contributed by atoms with Crippen LogP contribution in [0.15, 0.2) is 31.0 Å². The summed E-state index contributed by atoms with van der Waals surface area (Å²) < 4.78 is 0. The number of allylic oxidation sites excluding steroid dienone is 1. The van der Waals surface area contributed by atoms with Gasteiger partial charge >= 0.3 is 0 Å². The number of aryl methyl sites for hydroxylation is 1. The second-order valence-electron chi connectivity index (χ2n) is 4.35. The van der Waals surface area contributed by atoms with E-state index in [1.807, 2.05) is 18.3 Å². The van der Waals surface area contributed by atoms with Crippen LogP contribution in [0.5, 0.6) is 0 Å². The molecule has 0 spiro atoms. The number of nitrogens with zero attached hydrogens (tertiary/aromatic N) is 1. The molecule has 0 amide bonds. The van der Waals surface area contributed by atoms with Gasteiger partial charge in [0.15, 0.2) is 0 Å². The van der Waals surface area contributed by atoms with Crippen LogP contribution in [0.4, 0.5) is 0 Å². The third-order valence-corrected chi connectivity index (χ3v) is 2.98. The van der Waals surface area contributed by atoms with E-state index in [0.29, 0.717) is 0 Å². The second kappa shape index (κ2) is 7.98.